The largest absolute Gasteiger partial charge is 0.337 e. The van der Waals surface area contributed by atoms with Crippen LogP contribution < -0.4 is 0 Å². The van der Waals surface area contributed by atoms with Crippen LogP contribution in [0.1, 0.15) is 22.5 Å². The highest BCUT2D eigenvalue weighted by molar-refractivity contribution is 9.13. The monoisotopic (exact) mass is 429 g/mol. The van der Waals surface area contributed by atoms with Crippen molar-refractivity contribution >= 4 is 65.0 Å². The van der Waals surface area contributed by atoms with Crippen LogP contribution in [0.25, 0.3) is 0 Å². The van der Waals surface area contributed by atoms with E-state index in [0.717, 1.165) is 39.1 Å². The van der Waals surface area contributed by atoms with Gasteiger partial charge in [0.15, 0.2) is 0 Å². The summed E-state index contributed by atoms with van der Waals surface area (Å²) in [5.74, 6) is 0.139. The van der Waals surface area contributed by atoms with E-state index >= 15 is 0 Å². The molecule has 0 N–H and O–H groups in total. The van der Waals surface area contributed by atoms with Crippen LogP contribution in [0.3, 0.4) is 0 Å². The Morgan fingerprint density at radius 3 is 2.81 bits per heavy atom. The topological polar surface area (TPSA) is 20.3 Å². The maximum atomic E-state index is 12.2. The molecular formula is C10H10Br3NOS. The minimum Gasteiger partial charge on any atom is -0.337 e. The van der Waals surface area contributed by atoms with Gasteiger partial charge < -0.3 is 4.90 Å². The third kappa shape index (κ3) is 2.89. The number of thiophene rings is 1. The van der Waals surface area contributed by atoms with E-state index < -0.39 is 0 Å². The molecule has 1 aromatic heterocycles. The highest BCUT2D eigenvalue weighted by Gasteiger charge is 2.24. The molecule has 1 aliphatic rings. The van der Waals surface area contributed by atoms with Crippen LogP contribution in [0.5, 0.6) is 0 Å². The third-order valence-electron chi connectivity index (χ3n) is 2.51. The Bertz CT molecular complexity index is 387. The molecule has 1 aliphatic heterocycles. The number of likely N-dealkylation sites (tertiary alicyclic amines) is 1. The predicted octanol–water partition coefficient (Wildman–Crippen LogP) is 4.27. The van der Waals surface area contributed by atoms with Crippen molar-refractivity contribution in [2.24, 2.45) is 0 Å². The van der Waals surface area contributed by atoms with Crippen LogP contribution in [0.4, 0.5) is 0 Å². The number of halogens is 3. The van der Waals surface area contributed by atoms with E-state index in [9.17, 15) is 4.79 Å². The van der Waals surface area contributed by atoms with Gasteiger partial charge in [-0.15, -0.1) is 11.3 Å². The van der Waals surface area contributed by atoms with Gasteiger partial charge in [0.2, 0.25) is 0 Å². The van der Waals surface area contributed by atoms with E-state index in [1.165, 1.54) is 11.3 Å². The van der Waals surface area contributed by atoms with Crippen molar-refractivity contribution in [3.8, 4) is 0 Å². The summed E-state index contributed by atoms with van der Waals surface area (Å²) in [4.78, 5) is 15.3. The molecule has 0 aliphatic carbocycles. The van der Waals surface area contributed by atoms with Crippen LogP contribution in [-0.4, -0.2) is 28.7 Å². The number of rotatable bonds is 1. The maximum Gasteiger partial charge on any atom is 0.264 e. The molecule has 0 aromatic carbocycles. The fraction of sp³-hybridized carbons (Fsp3) is 0.500. The molecule has 6 heteroatoms. The molecule has 88 valence electrons. The van der Waals surface area contributed by atoms with Gasteiger partial charge in [0.05, 0.1) is 8.66 Å². The van der Waals surface area contributed by atoms with Gasteiger partial charge in [0.25, 0.3) is 5.91 Å². The van der Waals surface area contributed by atoms with Gasteiger partial charge in [0.1, 0.15) is 0 Å². The van der Waals surface area contributed by atoms with E-state index in [2.05, 4.69) is 47.8 Å². The first-order chi connectivity index (χ1) is 7.58. The van der Waals surface area contributed by atoms with Gasteiger partial charge in [0, 0.05) is 22.4 Å². The second-order valence-corrected chi connectivity index (χ2v) is 8.24. The summed E-state index contributed by atoms with van der Waals surface area (Å²) in [5.41, 5.74) is 0. The minimum atomic E-state index is 0.139. The Labute approximate surface area is 124 Å². The number of alkyl halides is 1. The van der Waals surface area contributed by atoms with Crippen molar-refractivity contribution in [1.82, 2.24) is 4.90 Å². The first kappa shape index (κ1) is 13.1. The highest BCUT2D eigenvalue weighted by Crippen LogP contribution is 2.33. The smallest absolute Gasteiger partial charge is 0.264 e. The molecule has 0 saturated carbocycles. The van der Waals surface area contributed by atoms with E-state index in [1.54, 1.807) is 0 Å². The molecule has 1 atom stereocenters. The lowest BCUT2D eigenvalue weighted by molar-refractivity contribution is 0.0735. The first-order valence-corrected chi connectivity index (χ1v) is 8.28. The molecule has 0 radical (unpaired) electrons. The van der Waals surface area contributed by atoms with Crippen LogP contribution in [0, 0.1) is 0 Å². The van der Waals surface area contributed by atoms with Gasteiger partial charge >= 0.3 is 0 Å². The molecule has 2 nitrogen and oxygen atoms in total. The lowest BCUT2D eigenvalue weighted by Gasteiger charge is -2.29. The van der Waals surface area contributed by atoms with Crippen LogP contribution in [0.15, 0.2) is 14.3 Å². The molecule has 0 bridgehead atoms. The first-order valence-electron chi connectivity index (χ1n) is 4.96. The summed E-state index contributed by atoms with van der Waals surface area (Å²) < 4.78 is 1.93. The molecule has 2 rings (SSSR count). The Hall–Kier alpha value is 0.610. The highest BCUT2D eigenvalue weighted by atomic mass is 79.9. The number of nitrogens with zero attached hydrogens (tertiary/aromatic N) is 1. The number of carbonyl (C=O) groups is 1. The maximum absolute atomic E-state index is 12.2. The molecular weight excluding hydrogens is 422 g/mol. The number of carbonyl (C=O) groups excluding carboxylic acids is 1. The van der Waals surface area contributed by atoms with Gasteiger partial charge in [-0.2, -0.15) is 0 Å². The number of hydrogen-bond donors (Lipinski definition) is 0. The van der Waals surface area contributed by atoms with E-state index in [4.69, 9.17) is 0 Å². The zero-order chi connectivity index (χ0) is 11.7. The molecule has 1 saturated heterocycles. The van der Waals surface area contributed by atoms with Crippen molar-refractivity contribution < 1.29 is 4.79 Å². The van der Waals surface area contributed by atoms with E-state index in [-0.39, 0.29) is 5.91 Å². The lowest BCUT2D eigenvalue weighted by Crippen LogP contribution is -2.39. The standard InChI is InChI=1S/C10H10Br3NOS/c11-6-2-1-3-14(5-6)10(15)8-4-7(12)9(13)16-8/h4,6H,1-3,5H2. The fourth-order valence-electron chi connectivity index (χ4n) is 1.72. The van der Waals surface area contributed by atoms with E-state index in [0.29, 0.717) is 4.83 Å². The molecule has 1 unspecified atom stereocenters. The molecule has 2 heterocycles. The average molecular weight is 432 g/mol. The van der Waals surface area contributed by atoms with Gasteiger partial charge in [-0.05, 0) is 50.8 Å². The summed E-state index contributed by atoms with van der Waals surface area (Å²) >= 11 is 11.9. The molecule has 1 amide bonds. The second kappa shape index (κ2) is 5.50. The zero-order valence-electron chi connectivity index (χ0n) is 8.38. The average Bonchev–Trinajstić information content (AvgIpc) is 2.58. The molecule has 16 heavy (non-hydrogen) atoms. The Balaban J connectivity index is 2.12. The van der Waals surface area contributed by atoms with Crippen molar-refractivity contribution in [1.29, 1.82) is 0 Å². The molecule has 1 fully saturated rings. The lowest BCUT2D eigenvalue weighted by atomic mass is 10.1. The quantitative estimate of drug-likeness (QED) is 0.608. The predicted molar refractivity (Wildman–Crippen MR) is 77.6 cm³/mol. The number of amides is 1. The van der Waals surface area contributed by atoms with Crippen molar-refractivity contribution in [3.63, 3.8) is 0 Å². The summed E-state index contributed by atoms with van der Waals surface area (Å²) in [5, 5.41) is 0. The molecule has 1 aromatic rings. The normalized spacial score (nSPS) is 21.2. The number of hydrogen-bond acceptors (Lipinski definition) is 2. The van der Waals surface area contributed by atoms with E-state index in [1.807, 2.05) is 11.0 Å². The van der Waals surface area contributed by atoms with Gasteiger partial charge in [-0.3, -0.25) is 4.79 Å². The third-order valence-corrected chi connectivity index (χ3v) is 6.50. The SMILES string of the molecule is O=C(c1cc(Br)c(Br)s1)N1CCCC(Br)C1. The van der Waals surface area contributed by atoms with Gasteiger partial charge in [-0.1, -0.05) is 15.9 Å². The van der Waals surface area contributed by atoms with Crippen molar-refractivity contribution in [3.05, 3.63) is 19.2 Å². The minimum absolute atomic E-state index is 0.139. The number of piperidine rings is 1. The summed E-state index contributed by atoms with van der Waals surface area (Å²) in [7, 11) is 0. The molecule has 0 spiro atoms. The van der Waals surface area contributed by atoms with Crippen LogP contribution >= 0.6 is 59.1 Å². The Morgan fingerprint density at radius 1 is 1.50 bits per heavy atom. The fourth-order valence-corrected chi connectivity index (χ4v) is 4.39. The van der Waals surface area contributed by atoms with Crippen LogP contribution in [0.2, 0.25) is 0 Å². The summed E-state index contributed by atoms with van der Waals surface area (Å²) in [6.45, 7) is 1.68. The summed E-state index contributed by atoms with van der Waals surface area (Å²) in [6, 6.07) is 1.88. The summed E-state index contributed by atoms with van der Waals surface area (Å²) in [6.07, 6.45) is 2.23. The Kier molecular flexibility index (Phi) is 4.49. The van der Waals surface area contributed by atoms with Crippen LogP contribution in [-0.2, 0) is 0 Å². The van der Waals surface area contributed by atoms with Crippen molar-refractivity contribution in [2.75, 3.05) is 13.1 Å². The Morgan fingerprint density at radius 2 is 2.25 bits per heavy atom. The van der Waals surface area contributed by atoms with Gasteiger partial charge in [-0.25, -0.2) is 0 Å². The second-order valence-electron chi connectivity index (χ2n) is 3.72. The van der Waals surface area contributed by atoms with Crippen molar-refractivity contribution in [2.45, 2.75) is 17.7 Å². The zero-order valence-corrected chi connectivity index (χ0v) is 14.0.